The average molecular weight is 506 g/mol. The Morgan fingerprint density at radius 3 is 2.31 bits per heavy atom. The van der Waals surface area contributed by atoms with Gasteiger partial charge in [-0.3, -0.25) is 24.4 Å². The van der Waals surface area contributed by atoms with Crippen LogP contribution in [0, 0.1) is 0 Å². The number of urea groups is 1. The van der Waals surface area contributed by atoms with Crippen LogP contribution in [0.3, 0.4) is 0 Å². The summed E-state index contributed by atoms with van der Waals surface area (Å²) in [5.74, 6) is -1.38. The molecule has 2 aliphatic rings. The van der Waals surface area contributed by atoms with Gasteiger partial charge in [-0.1, -0.05) is 0 Å². The van der Waals surface area contributed by atoms with Gasteiger partial charge in [-0.05, 0) is 49.0 Å². The van der Waals surface area contributed by atoms with Crippen molar-refractivity contribution in [3.05, 3.63) is 54.4 Å². The molecule has 0 radical (unpaired) electrons. The molecule has 0 spiro atoms. The number of nitrogens with zero attached hydrogens (tertiary/aromatic N) is 5. The normalized spacial score (nSPS) is 18.4. The molecule has 1 unspecified atom stereocenters. The number of halogens is 3. The molecule has 1 N–H and O–H groups in total. The smallest absolute Gasteiger partial charge is 0.406 e. The second kappa shape index (κ2) is 10.5. The molecule has 36 heavy (non-hydrogen) atoms. The molecule has 0 bridgehead atoms. The van der Waals surface area contributed by atoms with E-state index in [2.05, 4.69) is 19.9 Å². The minimum atomic E-state index is -4.86. The Morgan fingerprint density at radius 1 is 1.06 bits per heavy atom. The lowest BCUT2D eigenvalue weighted by Crippen LogP contribution is -2.50. The van der Waals surface area contributed by atoms with Gasteiger partial charge in [0.2, 0.25) is 5.91 Å². The quantitative estimate of drug-likeness (QED) is 0.572. The molecule has 0 saturated carbocycles. The number of hydrogen-bond acceptors (Lipinski definition) is 7. The molecule has 0 aliphatic carbocycles. The van der Waals surface area contributed by atoms with E-state index >= 15 is 0 Å². The van der Waals surface area contributed by atoms with Crippen molar-refractivity contribution in [2.45, 2.75) is 12.5 Å². The highest BCUT2D eigenvalue weighted by molar-refractivity contribution is 6.20. The van der Waals surface area contributed by atoms with Crippen molar-refractivity contribution in [3.8, 4) is 5.75 Å². The Balaban J connectivity index is 1.51. The second-order valence-electron chi connectivity index (χ2n) is 8.51. The predicted octanol–water partition coefficient (Wildman–Crippen LogP) is 1.81. The maximum absolute atomic E-state index is 13.3. The molecule has 4 rings (SSSR count). The van der Waals surface area contributed by atoms with Gasteiger partial charge in [0.25, 0.3) is 5.91 Å². The number of hydrogen-bond donors (Lipinski definition) is 1. The highest BCUT2D eigenvalue weighted by Gasteiger charge is 2.42. The Labute approximate surface area is 205 Å². The van der Waals surface area contributed by atoms with Crippen molar-refractivity contribution in [1.82, 2.24) is 25.0 Å². The van der Waals surface area contributed by atoms with Gasteiger partial charge >= 0.3 is 12.4 Å². The number of piperazine rings is 1. The van der Waals surface area contributed by atoms with Gasteiger partial charge in [0, 0.05) is 38.6 Å². The number of rotatable bonds is 7. The van der Waals surface area contributed by atoms with Gasteiger partial charge in [0.15, 0.2) is 0 Å². The Bertz CT molecular complexity index is 1090. The van der Waals surface area contributed by atoms with Gasteiger partial charge in [0.1, 0.15) is 18.5 Å². The molecule has 192 valence electrons. The van der Waals surface area contributed by atoms with Gasteiger partial charge in [-0.25, -0.2) is 9.69 Å². The highest BCUT2D eigenvalue weighted by atomic mass is 19.4. The fraction of sp³-hybridized carbons (Fsp3) is 0.391. The van der Waals surface area contributed by atoms with Crippen molar-refractivity contribution in [2.24, 2.45) is 0 Å². The second-order valence-corrected chi connectivity index (χ2v) is 8.51. The third kappa shape index (κ3) is 6.10. The van der Waals surface area contributed by atoms with Crippen LogP contribution in [0.25, 0.3) is 0 Å². The number of likely N-dealkylation sites (N-methyl/N-ethyl adjacent to an activating group) is 1. The van der Waals surface area contributed by atoms with Gasteiger partial charge < -0.3 is 15.0 Å². The van der Waals surface area contributed by atoms with E-state index in [0.717, 1.165) is 43.2 Å². The van der Waals surface area contributed by atoms with E-state index in [1.54, 1.807) is 12.1 Å². The third-order valence-corrected chi connectivity index (χ3v) is 5.91. The molecule has 3 heterocycles. The van der Waals surface area contributed by atoms with Crippen molar-refractivity contribution >= 4 is 23.5 Å². The summed E-state index contributed by atoms with van der Waals surface area (Å²) in [7, 11) is 2.01. The Hall–Kier alpha value is -3.71. The highest BCUT2D eigenvalue weighted by Crippen LogP contribution is 2.30. The fourth-order valence-electron chi connectivity index (χ4n) is 4.07. The van der Waals surface area contributed by atoms with Gasteiger partial charge in [-0.15, -0.1) is 13.2 Å². The third-order valence-electron chi connectivity index (χ3n) is 5.91. The van der Waals surface area contributed by atoms with Crippen LogP contribution < -0.4 is 15.0 Å². The van der Waals surface area contributed by atoms with E-state index in [9.17, 15) is 27.6 Å². The van der Waals surface area contributed by atoms with E-state index in [0.29, 0.717) is 5.56 Å². The van der Waals surface area contributed by atoms with Crippen molar-refractivity contribution in [3.63, 3.8) is 0 Å². The number of carbonyl (C=O) groups is 3. The molecule has 2 saturated heterocycles. The molecular formula is C23H25F3N6O4. The van der Waals surface area contributed by atoms with Crippen LogP contribution in [0.15, 0.2) is 48.8 Å². The molecule has 1 aromatic carbocycles. The van der Waals surface area contributed by atoms with Crippen LogP contribution in [0.5, 0.6) is 5.75 Å². The molecule has 1 aromatic heterocycles. The molecular weight excluding hydrogens is 481 g/mol. The maximum atomic E-state index is 13.3. The van der Waals surface area contributed by atoms with E-state index in [4.69, 9.17) is 0 Å². The number of nitrogens with one attached hydrogen (secondary N) is 1. The van der Waals surface area contributed by atoms with E-state index in [1.807, 2.05) is 11.9 Å². The summed E-state index contributed by atoms with van der Waals surface area (Å²) >= 11 is 0. The Kier molecular flexibility index (Phi) is 7.40. The number of aromatic nitrogens is 1. The summed E-state index contributed by atoms with van der Waals surface area (Å²) in [6, 6.07) is 6.96. The monoisotopic (exact) mass is 506 g/mol. The number of amides is 4. The fourth-order valence-corrected chi connectivity index (χ4v) is 4.07. The van der Waals surface area contributed by atoms with E-state index in [-0.39, 0.29) is 24.7 Å². The van der Waals surface area contributed by atoms with Crippen molar-refractivity contribution < 1.29 is 32.3 Å². The summed E-state index contributed by atoms with van der Waals surface area (Å²) in [6.07, 6.45) is -2.79. The lowest BCUT2D eigenvalue weighted by molar-refractivity contribution is -0.274. The van der Waals surface area contributed by atoms with Crippen LogP contribution in [-0.2, 0) is 9.59 Å². The molecule has 10 nitrogen and oxygen atoms in total. The topological polar surface area (TPSA) is 98.3 Å². The van der Waals surface area contributed by atoms with Crippen LogP contribution in [0.1, 0.15) is 11.7 Å². The van der Waals surface area contributed by atoms with Crippen molar-refractivity contribution in [2.75, 3.05) is 51.2 Å². The molecule has 13 heteroatoms. The van der Waals surface area contributed by atoms with Gasteiger partial charge in [-0.2, -0.15) is 0 Å². The largest absolute Gasteiger partial charge is 0.573 e. The number of carbonyl (C=O) groups excluding carboxylic acids is 3. The first-order valence-electron chi connectivity index (χ1n) is 11.2. The number of imide groups is 1. The zero-order valence-electron chi connectivity index (χ0n) is 19.4. The standard InChI is InChI=1S/C23H25F3N6O4/c1-29-10-12-30(13-11-29)14-19(33)28-21(16-6-8-27-9-7-16)31-15-20(34)32(22(31)35)17-2-4-18(5-3-17)36-23(24,25)26/h2-9,21H,10-15H2,1H3,(H,28,33). The SMILES string of the molecule is CN1CCN(CC(=O)NC(c2ccncc2)N2CC(=O)N(c3ccc(OC(F)(F)F)cc3)C2=O)CC1. The summed E-state index contributed by atoms with van der Waals surface area (Å²) in [4.78, 5) is 49.2. The summed E-state index contributed by atoms with van der Waals surface area (Å²) < 4.78 is 41.2. The minimum absolute atomic E-state index is 0.0827. The summed E-state index contributed by atoms with van der Waals surface area (Å²) in [5, 5.41) is 2.85. The zero-order valence-corrected chi connectivity index (χ0v) is 19.4. The molecule has 2 fully saturated rings. The Morgan fingerprint density at radius 2 is 1.69 bits per heavy atom. The number of anilines is 1. The number of ether oxygens (including phenoxy) is 1. The van der Waals surface area contributed by atoms with Gasteiger partial charge in [0.05, 0.1) is 12.2 Å². The van der Waals surface area contributed by atoms with Crippen LogP contribution in [0.4, 0.5) is 23.7 Å². The van der Waals surface area contributed by atoms with Crippen molar-refractivity contribution in [1.29, 1.82) is 0 Å². The number of benzene rings is 1. The van der Waals surface area contributed by atoms with E-state index < -0.39 is 30.2 Å². The molecule has 1 atom stereocenters. The maximum Gasteiger partial charge on any atom is 0.573 e. The average Bonchev–Trinajstić information content (AvgIpc) is 3.12. The summed E-state index contributed by atoms with van der Waals surface area (Å²) in [6.45, 7) is 2.93. The number of alkyl halides is 3. The lowest BCUT2D eigenvalue weighted by Gasteiger charge is -2.33. The predicted molar refractivity (Wildman–Crippen MR) is 122 cm³/mol. The first-order valence-corrected chi connectivity index (χ1v) is 11.2. The summed E-state index contributed by atoms with van der Waals surface area (Å²) in [5.41, 5.74) is 0.632. The lowest BCUT2D eigenvalue weighted by atomic mass is 10.2. The zero-order chi connectivity index (χ0) is 25.9. The number of pyridine rings is 1. The van der Waals surface area contributed by atoms with Crippen LogP contribution in [-0.4, -0.2) is 90.2 Å². The van der Waals surface area contributed by atoms with E-state index in [1.165, 1.54) is 29.4 Å². The molecule has 4 amide bonds. The van der Waals surface area contributed by atoms with Crippen LogP contribution >= 0.6 is 0 Å². The minimum Gasteiger partial charge on any atom is -0.406 e. The first kappa shape index (κ1) is 25.4. The molecule has 2 aromatic rings. The molecule has 2 aliphatic heterocycles. The van der Waals surface area contributed by atoms with Crippen LogP contribution in [0.2, 0.25) is 0 Å². The first-order chi connectivity index (χ1) is 17.1.